The van der Waals surface area contributed by atoms with Gasteiger partial charge in [-0.25, -0.2) is 0 Å². The van der Waals surface area contributed by atoms with Crippen LogP contribution >= 0.6 is 0 Å². The van der Waals surface area contributed by atoms with Crippen molar-refractivity contribution in [3.63, 3.8) is 0 Å². The van der Waals surface area contributed by atoms with Crippen LogP contribution in [-0.2, 0) is 17.8 Å². The number of aromatic nitrogens is 2. The second-order valence-corrected chi connectivity index (χ2v) is 4.45. The molecule has 5 heteroatoms. The Bertz CT molecular complexity index is 537. The Morgan fingerprint density at radius 1 is 1.26 bits per heavy atom. The molecule has 0 atom stereocenters. The molecule has 1 aromatic heterocycles. The van der Waals surface area contributed by atoms with Crippen LogP contribution in [0.5, 0.6) is 0 Å². The SMILES string of the molecule is Cc1nnc(CCC(=O)N(C)Cc2ccccc2)o1. The van der Waals surface area contributed by atoms with Gasteiger partial charge in [0.2, 0.25) is 17.7 Å². The molecule has 0 spiro atoms. The topological polar surface area (TPSA) is 59.2 Å². The van der Waals surface area contributed by atoms with E-state index in [1.54, 1.807) is 18.9 Å². The van der Waals surface area contributed by atoms with Gasteiger partial charge in [-0.1, -0.05) is 30.3 Å². The van der Waals surface area contributed by atoms with Crippen molar-refractivity contribution in [2.75, 3.05) is 7.05 Å². The summed E-state index contributed by atoms with van der Waals surface area (Å²) in [5, 5.41) is 7.61. The minimum absolute atomic E-state index is 0.0692. The quantitative estimate of drug-likeness (QED) is 0.823. The van der Waals surface area contributed by atoms with Gasteiger partial charge in [-0.2, -0.15) is 0 Å². The maximum Gasteiger partial charge on any atom is 0.223 e. The number of amides is 1. The zero-order chi connectivity index (χ0) is 13.7. The predicted molar refractivity (Wildman–Crippen MR) is 70.3 cm³/mol. The fourth-order valence-corrected chi connectivity index (χ4v) is 1.79. The van der Waals surface area contributed by atoms with E-state index in [4.69, 9.17) is 4.42 Å². The third-order valence-corrected chi connectivity index (χ3v) is 2.81. The summed E-state index contributed by atoms with van der Waals surface area (Å²) in [6.07, 6.45) is 0.865. The maximum absolute atomic E-state index is 12.0. The molecule has 1 aromatic carbocycles. The van der Waals surface area contributed by atoms with Gasteiger partial charge < -0.3 is 9.32 Å². The second kappa shape index (κ2) is 6.13. The van der Waals surface area contributed by atoms with Crippen molar-refractivity contribution in [1.29, 1.82) is 0 Å². The van der Waals surface area contributed by atoms with E-state index in [9.17, 15) is 4.79 Å². The number of aryl methyl sites for hydroxylation is 2. The van der Waals surface area contributed by atoms with Crippen LogP contribution in [0.3, 0.4) is 0 Å². The average molecular weight is 259 g/mol. The number of rotatable bonds is 5. The summed E-state index contributed by atoms with van der Waals surface area (Å²) in [6, 6.07) is 9.91. The molecule has 19 heavy (non-hydrogen) atoms. The first-order valence-corrected chi connectivity index (χ1v) is 6.22. The van der Waals surface area contributed by atoms with Gasteiger partial charge in [0.25, 0.3) is 0 Å². The number of carbonyl (C=O) groups excluding carboxylic acids is 1. The maximum atomic E-state index is 12.0. The molecule has 1 heterocycles. The standard InChI is InChI=1S/C14H17N3O2/c1-11-15-16-13(19-11)8-9-14(18)17(2)10-12-6-4-3-5-7-12/h3-7H,8-10H2,1-2H3. The van der Waals surface area contributed by atoms with Crippen LogP contribution in [0.25, 0.3) is 0 Å². The molecule has 0 radical (unpaired) electrons. The number of carbonyl (C=O) groups is 1. The van der Waals surface area contributed by atoms with Gasteiger partial charge in [-0.15, -0.1) is 10.2 Å². The van der Waals surface area contributed by atoms with Crippen LogP contribution in [0.4, 0.5) is 0 Å². The Labute approximate surface area is 112 Å². The molecule has 0 aliphatic carbocycles. The van der Waals surface area contributed by atoms with E-state index in [0.29, 0.717) is 31.2 Å². The highest BCUT2D eigenvalue weighted by Gasteiger charge is 2.11. The van der Waals surface area contributed by atoms with E-state index in [1.807, 2.05) is 30.3 Å². The third kappa shape index (κ3) is 3.91. The van der Waals surface area contributed by atoms with E-state index in [-0.39, 0.29) is 5.91 Å². The largest absolute Gasteiger partial charge is 0.426 e. The average Bonchev–Trinajstić information content (AvgIpc) is 2.83. The van der Waals surface area contributed by atoms with Gasteiger partial charge in [0.1, 0.15) is 0 Å². The van der Waals surface area contributed by atoms with Gasteiger partial charge in [0.15, 0.2) is 0 Å². The van der Waals surface area contributed by atoms with Crippen molar-refractivity contribution in [1.82, 2.24) is 15.1 Å². The van der Waals surface area contributed by atoms with E-state index < -0.39 is 0 Å². The highest BCUT2D eigenvalue weighted by Crippen LogP contribution is 2.06. The molecule has 2 rings (SSSR count). The summed E-state index contributed by atoms with van der Waals surface area (Å²) in [6.45, 7) is 2.35. The molecule has 1 amide bonds. The van der Waals surface area contributed by atoms with E-state index >= 15 is 0 Å². The summed E-state index contributed by atoms with van der Waals surface area (Å²) in [5.41, 5.74) is 1.12. The lowest BCUT2D eigenvalue weighted by Gasteiger charge is -2.16. The zero-order valence-electron chi connectivity index (χ0n) is 11.2. The van der Waals surface area contributed by atoms with Crippen molar-refractivity contribution in [2.24, 2.45) is 0 Å². The lowest BCUT2D eigenvalue weighted by Crippen LogP contribution is -2.26. The third-order valence-electron chi connectivity index (χ3n) is 2.81. The van der Waals surface area contributed by atoms with Crippen molar-refractivity contribution >= 4 is 5.91 Å². The van der Waals surface area contributed by atoms with E-state index in [1.165, 1.54) is 0 Å². The van der Waals surface area contributed by atoms with Crippen LogP contribution in [0.1, 0.15) is 23.8 Å². The molecule has 0 saturated heterocycles. The van der Waals surface area contributed by atoms with Crippen molar-refractivity contribution in [2.45, 2.75) is 26.3 Å². The minimum Gasteiger partial charge on any atom is -0.426 e. The molecule has 5 nitrogen and oxygen atoms in total. The monoisotopic (exact) mass is 259 g/mol. The Kier molecular flexibility index (Phi) is 4.28. The summed E-state index contributed by atoms with van der Waals surface area (Å²) in [5.74, 6) is 1.11. The van der Waals surface area contributed by atoms with Gasteiger partial charge in [-0.3, -0.25) is 4.79 Å². The van der Waals surface area contributed by atoms with Gasteiger partial charge in [-0.05, 0) is 5.56 Å². The Hall–Kier alpha value is -2.17. The smallest absolute Gasteiger partial charge is 0.223 e. The highest BCUT2D eigenvalue weighted by atomic mass is 16.4. The lowest BCUT2D eigenvalue weighted by molar-refractivity contribution is -0.130. The van der Waals surface area contributed by atoms with Gasteiger partial charge in [0.05, 0.1) is 0 Å². The fourth-order valence-electron chi connectivity index (χ4n) is 1.79. The first-order chi connectivity index (χ1) is 9.15. The van der Waals surface area contributed by atoms with E-state index in [2.05, 4.69) is 10.2 Å². The zero-order valence-corrected chi connectivity index (χ0v) is 11.2. The highest BCUT2D eigenvalue weighted by molar-refractivity contribution is 5.76. The van der Waals surface area contributed by atoms with Crippen molar-refractivity contribution in [3.05, 3.63) is 47.7 Å². The van der Waals surface area contributed by atoms with Crippen LogP contribution in [0.15, 0.2) is 34.7 Å². The molecule has 0 aliphatic rings. The normalized spacial score (nSPS) is 10.4. The van der Waals surface area contributed by atoms with Crippen molar-refractivity contribution in [3.8, 4) is 0 Å². The molecule has 100 valence electrons. The Morgan fingerprint density at radius 2 is 2.00 bits per heavy atom. The molecule has 0 saturated carbocycles. The molecular formula is C14H17N3O2. The predicted octanol–water partition coefficient (Wildman–Crippen LogP) is 1.97. The van der Waals surface area contributed by atoms with Crippen LogP contribution in [-0.4, -0.2) is 28.1 Å². The lowest BCUT2D eigenvalue weighted by atomic mass is 10.2. The summed E-state index contributed by atoms with van der Waals surface area (Å²) in [4.78, 5) is 13.7. The summed E-state index contributed by atoms with van der Waals surface area (Å²) < 4.78 is 5.24. The van der Waals surface area contributed by atoms with Crippen LogP contribution < -0.4 is 0 Å². The number of hydrogen-bond acceptors (Lipinski definition) is 4. The number of hydrogen-bond donors (Lipinski definition) is 0. The molecule has 0 fully saturated rings. The number of nitrogens with zero attached hydrogens (tertiary/aromatic N) is 3. The summed E-state index contributed by atoms with van der Waals surface area (Å²) in [7, 11) is 1.80. The van der Waals surface area contributed by atoms with Crippen molar-refractivity contribution < 1.29 is 9.21 Å². The van der Waals surface area contributed by atoms with Gasteiger partial charge in [0, 0.05) is 33.4 Å². The van der Waals surface area contributed by atoms with E-state index in [0.717, 1.165) is 5.56 Å². The van der Waals surface area contributed by atoms with Crippen LogP contribution in [0.2, 0.25) is 0 Å². The first-order valence-electron chi connectivity index (χ1n) is 6.22. The fraction of sp³-hybridized carbons (Fsp3) is 0.357. The first kappa shape index (κ1) is 13.3. The minimum atomic E-state index is 0.0692. The second-order valence-electron chi connectivity index (χ2n) is 4.45. The van der Waals surface area contributed by atoms with Crippen LogP contribution in [0, 0.1) is 6.92 Å². The molecule has 0 aliphatic heterocycles. The molecule has 0 bridgehead atoms. The molecule has 0 N–H and O–H groups in total. The summed E-state index contributed by atoms with van der Waals surface area (Å²) >= 11 is 0. The van der Waals surface area contributed by atoms with Gasteiger partial charge >= 0.3 is 0 Å². The molecular weight excluding hydrogens is 242 g/mol. The number of benzene rings is 1. The Morgan fingerprint density at radius 3 is 2.63 bits per heavy atom. The Balaban J connectivity index is 1.82. The molecule has 0 unspecified atom stereocenters. The molecule has 2 aromatic rings.